The Hall–Kier alpha value is -3.66. The number of benzene rings is 2. The van der Waals surface area contributed by atoms with Crippen LogP contribution in [0.2, 0.25) is 0 Å². The average molecular weight is 436 g/mol. The van der Waals surface area contributed by atoms with Gasteiger partial charge < -0.3 is 15.0 Å². The molecule has 2 rings (SSSR count). The van der Waals surface area contributed by atoms with E-state index in [1.165, 1.54) is 4.90 Å². The highest BCUT2D eigenvalue weighted by atomic mass is 16.5. The molecule has 0 saturated carbocycles. The van der Waals surface area contributed by atoms with E-state index in [1.807, 2.05) is 54.6 Å². The Morgan fingerprint density at radius 2 is 1.69 bits per heavy atom. The van der Waals surface area contributed by atoms with Gasteiger partial charge in [-0.05, 0) is 31.0 Å². The summed E-state index contributed by atoms with van der Waals surface area (Å²) in [6.45, 7) is 2.41. The Balaban J connectivity index is 1.90. The Kier molecular flexibility index (Phi) is 10.5. The van der Waals surface area contributed by atoms with Crippen molar-refractivity contribution in [2.24, 2.45) is 5.92 Å². The highest BCUT2D eigenvalue weighted by Gasteiger charge is 2.22. The molecule has 1 N–H and O–H groups in total. The molecule has 7 nitrogen and oxygen atoms in total. The molecule has 7 heteroatoms. The van der Waals surface area contributed by atoms with E-state index in [0.29, 0.717) is 12.1 Å². The van der Waals surface area contributed by atoms with Gasteiger partial charge in [0.25, 0.3) is 0 Å². The van der Waals surface area contributed by atoms with Gasteiger partial charge in [0.15, 0.2) is 0 Å². The maximum Gasteiger partial charge on any atom is 0.311 e. The second kappa shape index (κ2) is 13.6. The Bertz CT molecular complexity index is 910. The third kappa shape index (κ3) is 8.23. The first-order valence-electron chi connectivity index (χ1n) is 10.7. The predicted octanol–water partition coefficient (Wildman–Crippen LogP) is 3.25. The normalized spacial score (nSPS) is 11.1. The zero-order valence-electron chi connectivity index (χ0n) is 18.3. The summed E-state index contributed by atoms with van der Waals surface area (Å²) in [4.78, 5) is 38.9. The highest BCUT2D eigenvalue weighted by Crippen LogP contribution is 2.16. The average Bonchev–Trinajstić information content (AvgIpc) is 2.82. The fourth-order valence-corrected chi connectivity index (χ4v) is 3.25. The number of nitriles is 1. The van der Waals surface area contributed by atoms with Crippen LogP contribution in [0.4, 0.5) is 5.69 Å². The standard InChI is InChI=1S/C25H29N3O4/c1-2-32-25(31)21(18-20-10-5-3-6-11-20)19-27-23(29)14-15-24(30)28(17-9-16-26)22-12-7-4-8-13-22/h3-8,10-13,21H,2,9,14-15,17-19H2,1H3,(H,27,29). The van der Waals surface area contributed by atoms with E-state index in [9.17, 15) is 14.4 Å². The Morgan fingerprint density at radius 3 is 2.31 bits per heavy atom. The first-order chi connectivity index (χ1) is 15.5. The molecule has 2 aromatic carbocycles. The number of hydrogen-bond donors (Lipinski definition) is 1. The highest BCUT2D eigenvalue weighted by molar-refractivity contribution is 5.95. The number of hydrogen-bond acceptors (Lipinski definition) is 5. The number of anilines is 1. The van der Waals surface area contributed by atoms with Crippen LogP contribution in [0.25, 0.3) is 0 Å². The van der Waals surface area contributed by atoms with Crippen molar-refractivity contribution in [1.82, 2.24) is 5.32 Å². The molecule has 0 radical (unpaired) electrons. The number of rotatable bonds is 12. The van der Waals surface area contributed by atoms with Gasteiger partial charge in [-0.25, -0.2) is 0 Å². The van der Waals surface area contributed by atoms with Crippen molar-refractivity contribution in [2.75, 3.05) is 24.6 Å². The number of para-hydroxylation sites is 1. The maximum atomic E-state index is 12.7. The molecule has 0 heterocycles. The van der Waals surface area contributed by atoms with Crippen LogP contribution in [0.1, 0.15) is 31.7 Å². The van der Waals surface area contributed by atoms with Crippen molar-refractivity contribution in [3.05, 3.63) is 66.2 Å². The number of amides is 2. The van der Waals surface area contributed by atoms with Crippen molar-refractivity contribution >= 4 is 23.5 Å². The van der Waals surface area contributed by atoms with Crippen LogP contribution < -0.4 is 10.2 Å². The largest absolute Gasteiger partial charge is 0.466 e. The van der Waals surface area contributed by atoms with E-state index in [0.717, 1.165) is 5.56 Å². The lowest BCUT2D eigenvalue weighted by Crippen LogP contribution is -2.36. The zero-order valence-corrected chi connectivity index (χ0v) is 18.3. The summed E-state index contributed by atoms with van der Waals surface area (Å²) in [6, 6.07) is 20.6. The van der Waals surface area contributed by atoms with Crippen LogP contribution in [0.15, 0.2) is 60.7 Å². The van der Waals surface area contributed by atoms with E-state index < -0.39 is 5.92 Å². The van der Waals surface area contributed by atoms with Gasteiger partial charge in [0.05, 0.1) is 25.0 Å². The van der Waals surface area contributed by atoms with Crippen molar-refractivity contribution < 1.29 is 19.1 Å². The Labute approximate surface area is 189 Å². The van der Waals surface area contributed by atoms with Crippen molar-refractivity contribution in [2.45, 2.75) is 32.6 Å². The first kappa shape index (κ1) is 24.6. The number of carbonyl (C=O) groups excluding carboxylic acids is 3. The van der Waals surface area contributed by atoms with Gasteiger partial charge in [-0.1, -0.05) is 48.5 Å². The lowest BCUT2D eigenvalue weighted by Gasteiger charge is -2.22. The van der Waals surface area contributed by atoms with Crippen molar-refractivity contribution in [3.63, 3.8) is 0 Å². The number of ether oxygens (including phenoxy) is 1. The van der Waals surface area contributed by atoms with E-state index in [2.05, 4.69) is 5.32 Å². The van der Waals surface area contributed by atoms with Crippen LogP contribution in [0.5, 0.6) is 0 Å². The van der Waals surface area contributed by atoms with Gasteiger partial charge in [-0.3, -0.25) is 14.4 Å². The lowest BCUT2D eigenvalue weighted by atomic mass is 9.99. The van der Waals surface area contributed by atoms with Crippen LogP contribution in [-0.2, 0) is 25.5 Å². The number of nitrogens with zero attached hydrogens (tertiary/aromatic N) is 2. The SMILES string of the molecule is CCOC(=O)C(CNC(=O)CCC(=O)N(CCC#N)c1ccccc1)Cc1ccccc1. The van der Waals surface area contributed by atoms with Gasteiger partial charge in [0.2, 0.25) is 11.8 Å². The second-order valence-electron chi connectivity index (χ2n) is 7.23. The van der Waals surface area contributed by atoms with Gasteiger partial charge in [0, 0.05) is 31.6 Å². The molecule has 1 atom stereocenters. The van der Waals surface area contributed by atoms with Crippen LogP contribution in [-0.4, -0.2) is 37.5 Å². The molecule has 0 aromatic heterocycles. The number of carbonyl (C=O) groups is 3. The van der Waals surface area contributed by atoms with Gasteiger partial charge in [0.1, 0.15) is 0 Å². The molecule has 0 aliphatic rings. The van der Waals surface area contributed by atoms with Gasteiger partial charge in [-0.15, -0.1) is 0 Å². The quantitative estimate of drug-likeness (QED) is 0.516. The molecule has 2 amide bonds. The summed E-state index contributed by atoms with van der Waals surface area (Å²) in [6.07, 6.45) is 0.660. The third-order valence-corrected chi connectivity index (χ3v) is 4.87. The molecule has 0 spiro atoms. The molecule has 1 unspecified atom stereocenters. The van der Waals surface area contributed by atoms with Gasteiger partial charge in [-0.2, -0.15) is 5.26 Å². The van der Waals surface area contributed by atoms with Crippen molar-refractivity contribution in [1.29, 1.82) is 5.26 Å². The van der Waals surface area contributed by atoms with E-state index in [1.54, 1.807) is 19.1 Å². The molecule has 2 aromatic rings. The van der Waals surface area contributed by atoms with E-state index in [4.69, 9.17) is 10.00 Å². The molecular formula is C25H29N3O4. The summed E-state index contributed by atoms with van der Waals surface area (Å²) >= 11 is 0. The van der Waals surface area contributed by atoms with E-state index >= 15 is 0 Å². The minimum Gasteiger partial charge on any atom is -0.466 e. The second-order valence-corrected chi connectivity index (χ2v) is 7.23. The summed E-state index contributed by atoms with van der Waals surface area (Å²) in [5.41, 5.74) is 1.67. The van der Waals surface area contributed by atoms with Gasteiger partial charge >= 0.3 is 5.97 Å². The topological polar surface area (TPSA) is 99.5 Å². The molecule has 0 aliphatic heterocycles. The number of nitrogens with one attached hydrogen (secondary N) is 1. The molecule has 32 heavy (non-hydrogen) atoms. The summed E-state index contributed by atoms with van der Waals surface area (Å²) in [7, 11) is 0. The Morgan fingerprint density at radius 1 is 1.03 bits per heavy atom. The number of esters is 1. The maximum absolute atomic E-state index is 12.7. The fraction of sp³-hybridized carbons (Fsp3) is 0.360. The molecular weight excluding hydrogens is 406 g/mol. The summed E-state index contributed by atoms with van der Waals surface area (Å²) < 4.78 is 5.15. The van der Waals surface area contributed by atoms with Crippen LogP contribution >= 0.6 is 0 Å². The lowest BCUT2D eigenvalue weighted by molar-refractivity contribution is -0.148. The minimum absolute atomic E-state index is 0.00436. The first-order valence-corrected chi connectivity index (χ1v) is 10.7. The molecule has 0 fully saturated rings. The predicted molar refractivity (Wildman–Crippen MR) is 122 cm³/mol. The fourth-order valence-electron chi connectivity index (χ4n) is 3.25. The molecule has 0 bridgehead atoms. The third-order valence-electron chi connectivity index (χ3n) is 4.87. The van der Waals surface area contributed by atoms with Crippen LogP contribution in [0.3, 0.4) is 0 Å². The zero-order chi connectivity index (χ0) is 23.2. The molecule has 0 aliphatic carbocycles. The summed E-state index contributed by atoms with van der Waals surface area (Å²) in [5, 5.41) is 11.6. The monoisotopic (exact) mass is 435 g/mol. The minimum atomic E-state index is -0.506. The molecule has 0 saturated heterocycles. The van der Waals surface area contributed by atoms with Crippen molar-refractivity contribution in [3.8, 4) is 6.07 Å². The smallest absolute Gasteiger partial charge is 0.311 e. The summed E-state index contributed by atoms with van der Waals surface area (Å²) in [5.74, 6) is -1.41. The molecule has 168 valence electrons. The van der Waals surface area contributed by atoms with E-state index in [-0.39, 0.29) is 56.7 Å². The van der Waals surface area contributed by atoms with Crippen LogP contribution in [0, 0.1) is 17.2 Å².